The Morgan fingerprint density at radius 2 is 1.82 bits per heavy atom. The number of amides is 1. The van der Waals surface area contributed by atoms with E-state index in [2.05, 4.69) is 4.98 Å². The van der Waals surface area contributed by atoms with E-state index in [4.69, 9.17) is 14.2 Å². The summed E-state index contributed by atoms with van der Waals surface area (Å²) in [6.07, 6.45) is 0.956. The highest BCUT2D eigenvalue weighted by Gasteiger charge is 2.29. The summed E-state index contributed by atoms with van der Waals surface area (Å²) in [6, 6.07) is 12.2. The van der Waals surface area contributed by atoms with E-state index >= 15 is 0 Å². The first-order chi connectivity index (χ1) is 13.4. The first-order valence-corrected chi connectivity index (χ1v) is 11.2. The summed E-state index contributed by atoms with van der Waals surface area (Å²) in [5, 5.41) is 0. The third-order valence-electron chi connectivity index (χ3n) is 3.46. The fourth-order valence-electron chi connectivity index (χ4n) is 2.29. The molecular weight excluding hydrogens is 404 g/mol. The fraction of sp³-hybridized carbons (Fsp3) is 0.333. The Bertz CT molecular complexity index is 890. The van der Waals surface area contributed by atoms with Gasteiger partial charge in [-0.25, -0.2) is 12.7 Å². The number of hydrogen-bond acceptors (Lipinski definition) is 8. The topological polar surface area (TPSA) is 95.0 Å². The lowest BCUT2D eigenvalue weighted by molar-refractivity contribution is -0.115. The zero-order valence-electron chi connectivity index (χ0n) is 15.8. The third-order valence-corrected chi connectivity index (χ3v) is 5.43. The van der Waals surface area contributed by atoms with Crippen molar-refractivity contribution >= 4 is 33.4 Å². The summed E-state index contributed by atoms with van der Waals surface area (Å²) < 4.78 is 40.8. The van der Waals surface area contributed by atoms with E-state index in [0.717, 1.165) is 12.0 Å². The largest absolute Gasteiger partial charge is 0.493 e. The van der Waals surface area contributed by atoms with E-state index < -0.39 is 15.9 Å². The quantitative estimate of drug-likeness (QED) is 0.534. The van der Waals surface area contributed by atoms with Crippen molar-refractivity contribution in [2.24, 2.45) is 0 Å². The van der Waals surface area contributed by atoms with Crippen molar-refractivity contribution < 1.29 is 27.4 Å². The van der Waals surface area contributed by atoms with Gasteiger partial charge in [0.05, 0.1) is 32.8 Å². The van der Waals surface area contributed by atoms with Crippen LogP contribution >= 0.6 is 11.8 Å². The SMILES string of the molecule is COc1ccc(N(C(=O)CSCCOc2ccccc2)S(C)(=O)=O)c(OC)n1. The van der Waals surface area contributed by atoms with Gasteiger partial charge in [-0.2, -0.15) is 4.98 Å². The Kier molecular flexibility index (Phi) is 7.94. The van der Waals surface area contributed by atoms with Crippen LogP contribution in [0.4, 0.5) is 5.69 Å². The minimum atomic E-state index is -3.88. The van der Waals surface area contributed by atoms with Crippen LogP contribution in [0.25, 0.3) is 0 Å². The fourth-order valence-corrected chi connectivity index (χ4v) is 3.95. The number of thioether (sulfide) groups is 1. The molecule has 0 aliphatic rings. The molecule has 0 aliphatic heterocycles. The Morgan fingerprint density at radius 3 is 2.43 bits per heavy atom. The normalized spacial score (nSPS) is 11.0. The molecule has 0 spiro atoms. The standard InChI is InChI=1S/C18H22N2O6S2/c1-24-16-10-9-15(18(19-16)25-2)20(28(3,22)23)17(21)13-27-12-11-26-14-7-5-4-6-8-14/h4-10H,11-13H2,1-3H3. The number of para-hydroxylation sites is 1. The number of sulfonamides is 1. The average molecular weight is 427 g/mol. The molecule has 2 aromatic rings. The Morgan fingerprint density at radius 1 is 1.11 bits per heavy atom. The molecule has 0 saturated heterocycles. The van der Waals surface area contributed by atoms with Crippen molar-refractivity contribution in [3.8, 4) is 17.5 Å². The molecule has 2 rings (SSSR count). The molecule has 1 aromatic carbocycles. The van der Waals surface area contributed by atoms with Gasteiger partial charge < -0.3 is 14.2 Å². The van der Waals surface area contributed by atoms with Crippen LogP contribution < -0.4 is 18.5 Å². The first-order valence-electron chi connectivity index (χ1n) is 8.24. The molecule has 8 nitrogen and oxygen atoms in total. The number of carbonyl (C=O) groups excluding carboxylic acids is 1. The Labute approximate surface area is 168 Å². The number of rotatable bonds is 10. The summed E-state index contributed by atoms with van der Waals surface area (Å²) in [5.41, 5.74) is 0.0388. The molecule has 0 unspecified atom stereocenters. The summed E-state index contributed by atoms with van der Waals surface area (Å²) in [4.78, 5) is 16.7. The lowest BCUT2D eigenvalue weighted by Gasteiger charge is -2.22. The lowest BCUT2D eigenvalue weighted by Crippen LogP contribution is -2.38. The van der Waals surface area contributed by atoms with Crippen molar-refractivity contribution in [1.29, 1.82) is 0 Å². The summed E-state index contributed by atoms with van der Waals surface area (Å²) in [7, 11) is -1.11. The van der Waals surface area contributed by atoms with Crippen molar-refractivity contribution in [2.75, 3.05) is 42.9 Å². The van der Waals surface area contributed by atoms with Gasteiger partial charge >= 0.3 is 0 Å². The molecule has 28 heavy (non-hydrogen) atoms. The molecule has 0 bridgehead atoms. The highest BCUT2D eigenvalue weighted by Crippen LogP contribution is 2.31. The molecule has 0 atom stereocenters. The molecule has 1 heterocycles. The second-order valence-corrected chi connectivity index (χ2v) is 8.45. The van der Waals surface area contributed by atoms with Crippen LogP contribution in [0.2, 0.25) is 0 Å². The highest BCUT2D eigenvalue weighted by molar-refractivity contribution is 8.00. The smallest absolute Gasteiger partial charge is 0.250 e. The number of pyridine rings is 1. The number of ether oxygens (including phenoxy) is 3. The summed E-state index contributed by atoms with van der Waals surface area (Å²) in [5.74, 6) is 0.847. The molecule has 0 radical (unpaired) electrons. The monoisotopic (exact) mass is 426 g/mol. The maximum absolute atomic E-state index is 12.6. The lowest BCUT2D eigenvalue weighted by atomic mass is 10.3. The van der Waals surface area contributed by atoms with Crippen LogP contribution in [0.3, 0.4) is 0 Å². The van der Waals surface area contributed by atoms with Crippen LogP contribution in [0, 0.1) is 0 Å². The van der Waals surface area contributed by atoms with Crippen molar-refractivity contribution in [3.63, 3.8) is 0 Å². The summed E-state index contributed by atoms with van der Waals surface area (Å²) in [6.45, 7) is 0.397. The number of benzene rings is 1. The number of aromatic nitrogens is 1. The van der Waals surface area contributed by atoms with E-state index in [-0.39, 0.29) is 23.2 Å². The van der Waals surface area contributed by atoms with Crippen molar-refractivity contribution in [1.82, 2.24) is 4.98 Å². The number of carbonyl (C=O) groups is 1. The molecular formula is C18H22N2O6S2. The number of hydrogen-bond donors (Lipinski definition) is 0. The molecule has 0 aliphatic carbocycles. The first kappa shape index (κ1) is 21.8. The number of nitrogens with zero attached hydrogens (tertiary/aromatic N) is 2. The van der Waals surface area contributed by atoms with Crippen LogP contribution in [-0.4, -0.2) is 57.9 Å². The minimum Gasteiger partial charge on any atom is -0.493 e. The predicted molar refractivity (Wildman–Crippen MR) is 109 cm³/mol. The Hall–Kier alpha value is -2.46. The van der Waals surface area contributed by atoms with Gasteiger partial charge in [-0.15, -0.1) is 11.8 Å². The molecule has 10 heteroatoms. The van der Waals surface area contributed by atoms with Gasteiger partial charge in [0, 0.05) is 11.8 Å². The summed E-state index contributed by atoms with van der Waals surface area (Å²) >= 11 is 1.27. The van der Waals surface area contributed by atoms with Gasteiger partial charge in [0.15, 0.2) is 0 Å². The maximum Gasteiger partial charge on any atom is 0.250 e. The van der Waals surface area contributed by atoms with Crippen LogP contribution in [0.1, 0.15) is 0 Å². The van der Waals surface area contributed by atoms with E-state index in [0.29, 0.717) is 16.7 Å². The van der Waals surface area contributed by atoms with Crippen LogP contribution in [0.5, 0.6) is 17.5 Å². The van der Waals surface area contributed by atoms with E-state index in [1.807, 2.05) is 30.3 Å². The molecule has 152 valence electrons. The molecule has 1 aromatic heterocycles. The van der Waals surface area contributed by atoms with E-state index in [1.165, 1.54) is 38.1 Å². The zero-order chi connectivity index (χ0) is 20.6. The molecule has 1 amide bonds. The Balaban J connectivity index is 2.02. The molecule has 0 N–H and O–H groups in total. The van der Waals surface area contributed by atoms with Gasteiger partial charge in [-0.3, -0.25) is 4.79 Å². The average Bonchev–Trinajstić information content (AvgIpc) is 2.67. The van der Waals surface area contributed by atoms with Crippen LogP contribution in [-0.2, 0) is 14.8 Å². The third kappa shape index (κ3) is 6.03. The zero-order valence-corrected chi connectivity index (χ0v) is 17.5. The van der Waals surface area contributed by atoms with Gasteiger partial charge in [-0.1, -0.05) is 18.2 Å². The van der Waals surface area contributed by atoms with Crippen LogP contribution in [0.15, 0.2) is 42.5 Å². The number of methoxy groups -OCH3 is 2. The second kappa shape index (κ2) is 10.2. The van der Waals surface area contributed by atoms with Gasteiger partial charge in [0.2, 0.25) is 21.8 Å². The van der Waals surface area contributed by atoms with Gasteiger partial charge in [0.25, 0.3) is 5.91 Å². The maximum atomic E-state index is 12.6. The predicted octanol–water partition coefficient (Wildman–Crippen LogP) is 2.20. The van der Waals surface area contributed by atoms with Crippen molar-refractivity contribution in [2.45, 2.75) is 0 Å². The van der Waals surface area contributed by atoms with Crippen molar-refractivity contribution in [3.05, 3.63) is 42.5 Å². The highest BCUT2D eigenvalue weighted by atomic mass is 32.2. The van der Waals surface area contributed by atoms with Gasteiger partial charge in [-0.05, 0) is 18.2 Å². The van der Waals surface area contributed by atoms with E-state index in [1.54, 1.807) is 0 Å². The van der Waals surface area contributed by atoms with Gasteiger partial charge in [0.1, 0.15) is 11.4 Å². The number of anilines is 1. The minimum absolute atomic E-state index is 0.0180. The molecule has 0 fully saturated rings. The van der Waals surface area contributed by atoms with E-state index in [9.17, 15) is 13.2 Å². The second-order valence-electron chi connectivity index (χ2n) is 5.52. The molecule has 0 saturated carbocycles.